The number of hydrogen-bond donors (Lipinski definition) is 0. The first-order valence-corrected chi connectivity index (χ1v) is 5.63. The van der Waals surface area contributed by atoms with E-state index >= 15 is 0 Å². The number of hydrogen-bond acceptors (Lipinski definition) is 1. The van der Waals surface area contributed by atoms with Crippen LogP contribution in [0, 0.1) is 13.8 Å². The van der Waals surface area contributed by atoms with E-state index in [0.29, 0.717) is 6.42 Å². The van der Waals surface area contributed by atoms with E-state index in [-0.39, 0.29) is 5.78 Å². The highest BCUT2D eigenvalue weighted by Crippen LogP contribution is 2.19. The van der Waals surface area contributed by atoms with Crippen LogP contribution in [0.4, 0.5) is 0 Å². The first-order valence-electron chi connectivity index (χ1n) is 5.63. The third-order valence-electron chi connectivity index (χ3n) is 2.82. The minimum atomic E-state index is 0.275. The Morgan fingerprint density at radius 3 is 2.47 bits per heavy atom. The van der Waals surface area contributed by atoms with E-state index in [2.05, 4.69) is 32.9 Å². The fourth-order valence-corrected chi connectivity index (χ4v) is 2.06. The summed E-state index contributed by atoms with van der Waals surface area (Å²) in [5.74, 6) is 0.275. The number of Topliss-reactive ketones (excluding diaryl/α,β-unsaturated/α-hetero) is 1. The summed E-state index contributed by atoms with van der Waals surface area (Å²) in [7, 11) is 0. The maximum Gasteiger partial charge on any atom is 0.130 e. The zero-order chi connectivity index (χ0) is 11.4. The third kappa shape index (κ3) is 3.19. The number of carbonyl (C=O) groups excluding carboxylic acids is 1. The molecule has 82 valence electrons. The van der Waals surface area contributed by atoms with Gasteiger partial charge >= 0.3 is 0 Å². The van der Waals surface area contributed by atoms with Crippen LogP contribution in [-0.4, -0.2) is 5.78 Å². The Kier molecular flexibility index (Phi) is 4.07. The fraction of sp³-hybridized carbons (Fsp3) is 0.500. The normalized spacial score (nSPS) is 10.4. The number of rotatable bonds is 4. The van der Waals surface area contributed by atoms with E-state index < -0.39 is 0 Å². The van der Waals surface area contributed by atoms with E-state index in [0.717, 1.165) is 12.8 Å². The Morgan fingerprint density at radius 2 is 1.93 bits per heavy atom. The molecule has 0 bridgehead atoms. The Hall–Kier alpha value is -1.11. The van der Waals surface area contributed by atoms with Crippen molar-refractivity contribution in [1.82, 2.24) is 0 Å². The maximum absolute atomic E-state index is 11.0. The molecule has 0 spiro atoms. The van der Waals surface area contributed by atoms with Gasteiger partial charge in [0.25, 0.3) is 0 Å². The van der Waals surface area contributed by atoms with Gasteiger partial charge in [0.2, 0.25) is 0 Å². The molecule has 0 heterocycles. The second-order valence-corrected chi connectivity index (χ2v) is 4.28. The Balaban J connectivity index is 2.98. The minimum Gasteiger partial charge on any atom is -0.300 e. The zero-order valence-electron chi connectivity index (χ0n) is 10.2. The first kappa shape index (κ1) is 12.0. The second kappa shape index (κ2) is 5.11. The standard InChI is InChI=1S/C14H20O/c1-5-13-9-10(2)8-11(3)14(13)7-6-12(4)15/h8-9H,5-7H2,1-4H3. The molecule has 0 aliphatic carbocycles. The molecule has 0 saturated heterocycles. The van der Waals surface area contributed by atoms with Crippen LogP contribution in [0.1, 0.15) is 42.5 Å². The number of benzene rings is 1. The molecule has 0 N–H and O–H groups in total. The van der Waals surface area contributed by atoms with Crippen molar-refractivity contribution in [2.45, 2.75) is 47.0 Å². The predicted octanol–water partition coefficient (Wildman–Crippen LogP) is 3.39. The number of ketones is 1. The van der Waals surface area contributed by atoms with Crippen LogP contribution < -0.4 is 0 Å². The Bertz CT molecular complexity index is 364. The molecule has 0 radical (unpaired) electrons. The summed E-state index contributed by atoms with van der Waals surface area (Å²) in [5, 5.41) is 0. The van der Waals surface area contributed by atoms with Crippen LogP contribution in [0.25, 0.3) is 0 Å². The van der Waals surface area contributed by atoms with Gasteiger partial charge in [-0.15, -0.1) is 0 Å². The van der Waals surface area contributed by atoms with Gasteiger partial charge in [-0.2, -0.15) is 0 Å². The third-order valence-corrected chi connectivity index (χ3v) is 2.82. The number of carbonyl (C=O) groups is 1. The minimum absolute atomic E-state index is 0.275. The summed E-state index contributed by atoms with van der Waals surface area (Å²) in [6, 6.07) is 4.44. The van der Waals surface area contributed by atoms with Crippen molar-refractivity contribution in [3.63, 3.8) is 0 Å². The summed E-state index contributed by atoms with van der Waals surface area (Å²) in [5.41, 5.74) is 5.41. The van der Waals surface area contributed by atoms with Crippen LogP contribution in [0.3, 0.4) is 0 Å². The van der Waals surface area contributed by atoms with Crippen molar-refractivity contribution in [2.75, 3.05) is 0 Å². The van der Waals surface area contributed by atoms with E-state index in [9.17, 15) is 4.79 Å². The van der Waals surface area contributed by atoms with Gasteiger partial charge in [0, 0.05) is 6.42 Å². The van der Waals surface area contributed by atoms with Gasteiger partial charge in [0.15, 0.2) is 0 Å². The molecule has 0 saturated carbocycles. The molecule has 0 atom stereocenters. The molecule has 0 unspecified atom stereocenters. The van der Waals surface area contributed by atoms with E-state index in [1.165, 1.54) is 22.3 Å². The molecule has 1 aromatic rings. The highest BCUT2D eigenvalue weighted by molar-refractivity contribution is 5.75. The molecule has 15 heavy (non-hydrogen) atoms. The molecule has 0 amide bonds. The lowest BCUT2D eigenvalue weighted by Crippen LogP contribution is -2.01. The topological polar surface area (TPSA) is 17.1 Å². The van der Waals surface area contributed by atoms with Crippen molar-refractivity contribution in [1.29, 1.82) is 0 Å². The first-order chi connectivity index (χ1) is 7.04. The molecule has 1 heteroatoms. The van der Waals surface area contributed by atoms with Crippen LogP contribution in [0.15, 0.2) is 12.1 Å². The molecule has 1 nitrogen and oxygen atoms in total. The van der Waals surface area contributed by atoms with Crippen LogP contribution in [-0.2, 0) is 17.6 Å². The smallest absolute Gasteiger partial charge is 0.130 e. The van der Waals surface area contributed by atoms with Crippen molar-refractivity contribution in [3.8, 4) is 0 Å². The predicted molar refractivity (Wildman–Crippen MR) is 64.3 cm³/mol. The van der Waals surface area contributed by atoms with Gasteiger partial charge in [-0.1, -0.05) is 24.6 Å². The number of aryl methyl sites for hydroxylation is 3. The molecule has 1 rings (SSSR count). The average Bonchev–Trinajstić information content (AvgIpc) is 2.14. The Morgan fingerprint density at radius 1 is 1.27 bits per heavy atom. The quantitative estimate of drug-likeness (QED) is 0.734. The van der Waals surface area contributed by atoms with Gasteiger partial charge in [-0.3, -0.25) is 0 Å². The van der Waals surface area contributed by atoms with Crippen LogP contribution in [0.2, 0.25) is 0 Å². The second-order valence-electron chi connectivity index (χ2n) is 4.28. The molecule has 0 aliphatic heterocycles. The lowest BCUT2D eigenvalue weighted by atomic mass is 9.93. The summed E-state index contributed by atoms with van der Waals surface area (Å²) in [6.07, 6.45) is 2.61. The maximum atomic E-state index is 11.0. The van der Waals surface area contributed by atoms with E-state index in [1.54, 1.807) is 6.92 Å². The van der Waals surface area contributed by atoms with Gasteiger partial charge in [0.05, 0.1) is 0 Å². The van der Waals surface area contributed by atoms with Gasteiger partial charge in [-0.05, 0) is 50.3 Å². The molecule has 1 aromatic carbocycles. The lowest BCUT2D eigenvalue weighted by Gasteiger charge is -2.12. The summed E-state index contributed by atoms with van der Waals surface area (Å²) >= 11 is 0. The van der Waals surface area contributed by atoms with Crippen molar-refractivity contribution in [2.24, 2.45) is 0 Å². The molecule has 0 aromatic heterocycles. The van der Waals surface area contributed by atoms with Crippen molar-refractivity contribution >= 4 is 5.78 Å². The molecule has 0 fully saturated rings. The van der Waals surface area contributed by atoms with E-state index in [4.69, 9.17) is 0 Å². The SMILES string of the molecule is CCc1cc(C)cc(C)c1CCC(C)=O. The average molecular weight is 204 g/mol. The summed E-state index contributed by atoms with van der Waals surface area (Å²) in [6.45, 7) is 8.10. The monoisotopic (exact) mass is 204 g/mol. The lowest BCUT2D eigenvalue weighted by molar-refractivity contribution is -0.116. The highest BCUT2D eigenvalue weighted by Gasteiger charge is 2.06. The van der Waals surface area contributed by atoms with Crippen LogP contribution in [0.5, 0.6) is 0 Å². The van der Waals surface area contributed by atoms with Gasteiger partial charge in [0.1, 0.15) is 5.78 Å². The van der Waals surface area contributed by atoms with Gasteiger partial charge < -0.3 is 4.79 Å². The molecular weight excluding hydrogens is 184 g/mol. The summed E-state index contributed by atoms with van der Waals surface area (Å²) < 4.78 is 0. The highest BCUT2D eigenvalue weighted by atomic mass is 16.1. The largest absolute Gasteiger partial charge is 0.300 e. The van der Waals surface area contributed by atoms with Gasteiger partial charge in [-0.25, -0.2) is 0 Å². The molecular formula is C14H20O. The fourth-order valence-electron chi connectivity index (χ4n) is 2.06. The van der Waals surface area contributed by atoms with Crippen LogP contribution >= 0.6 is 0 Å². The van der Waals surface area contributed by atoms with E-state index in [1.807, 2.05) is 0 Å². The summed E-state index contributed by atoms with van der Waals surface area (Å²) in [4.78, 5) is 11.0. The van der Waals surface area contributed by atoms with Crippen molar-refractivity contribution < 1.29 is 4.79 Å². The van der Waals surface area contributed by atoms with Crippen molar-refractivity contribution in [3.05, 3.63) is 34.4 Å². The molecule has 0 aliphatic rings. The zero-order valence-corrected chi connectivity index (χ0v) is 10.2. The Labute approximate surface area is 92.5 Å².